The third-order valence-electron chi connectivity index (χ3n) is 4.88. The highest BCUT2D eigenvalue weighted by Gasteiger charge is 2.26. The Morgan fingerprint density at radius 1 is 1.17 bits per heavy atom. The van der Waals surface area contributed by atoms with Crippen LogP contribution in [0.1, 0.15) is 48.9 Å². The standard InChI is InChI=1S/C21H26N2O/c1-15(2)17-9-6-7-11-19(17)22-21(24)14-23(3)20-13-12-16-8-4-5-10-18(16)20/h4-11,15,20H,12-14H2,1-3H3,(H,22,24)/t20-/m0/s1. The Labute approximate surface area is 144 Å². The first kappa shape index (κ1) is 16.7. The van der Waals surface area contributed by atoms with Crippen LogP contribution in [0.25, 0.3) is 0 Å². The van der Waals surface area contributed by atoms with E-state index in [1.165, 1.54) is 16.7 Å². The normalized spacial score (nSPS) is 16.5. The minimum atomic E-state index is 0.0509. The zero-order valence-electron chi connectivity index (χ0n) is 14.8. The molecule has 2 aromatic rings. The van der Waals surface area contributed by atoms with Gasteiger partial charge < -0.3 is 5.32 Å². The molecule has 3 nitrogen and oxygen atoms in total. The van der Waals surface area contributed by atoms with Crippen LogP contribution in [0.4, 0.5) is 5.69 Å². The van der Waals surface area contributed by atoms with Gasteiger partial charge in [-0.25, -0.2) is 0 Å². The fraction of sp³-hybridized carbons (Fsp3) is 0.381. The van der Waals surface area contributed by atoms with E-state index < -0.39 is 0 Å². The Morgan fingerprint density at radius 3 is 2.67 bits per heavy atom. The first-order chi connectivity index (χ1) is 11.6. The van der Waals surface area contributed by atoms with E-state index in [2.05, 4.69) is 54.4 Å². The van der Waals surface area contributed by atoms with Gasteiger partial charge in [0.2, 0.25) is 5.91 Å². The molecule has 0 radical (unpaired) electrons. The van der Waals surface area contributed by atoms with Gasteiger partial charge in [0.1, 0.15) is 0 Å². The van der Waals surface area contributed by atoms with Crippen LogP contribution in [0.3, 0.4) is 0 Å². The van der Waals surface area contributed by atoms with Gasteiger partial charge in [-0.2, -0.15) is 0 Å². The third kappa shape index (κ3) is 3.51. The summed E-state index contributed by atoms with van der Waals surface area (Å²) < 4.78 is 0. The number of para-hydroxylation sites is 1. The Hall–Kier alpha value is -2.13. The van der Waals surface area contributed by atoms with Gasteiger partial charge >= 0.3 is 0 Å². The molecule has 0 aliphatic heterocycles. The lowest BCUT2D eigenvalue weighted by Gasteiger charge is -2.25. The van der Waals surface area contributed by atoms with E-state index in [1.807, 2.05) is 25.2 Å². The van der Waals surface area contributed by atoms with Crippen molar-refractivity contribution in [3.05, 3.63) is 65.2 Å². The molecule has 0 spiro atoms. The molecular weight excluding hydrogens is 296 g/mol. The van der Waals surface area contributed by atoms with Gasteiger partial charge in [0.25, 0.3) is 0 Å². The lowest BCUT2D eigenvalue weighted by Crippen LogP contribution is -2.32. The van der Waals surface area contributed by atoms with Gasteiger partial charge in [0.15, 0.2) is 0 Å². The Kier molecular flexibility index (Phi) is 5.00. The van der Waals surface area contributed by atoms with Crippen LogP contribution in [0, 0.1) is 0 Å². The average molecular weight is 322 g/mol. The number of hydrogen-bond acceptors (Lipinski definition) is 2. The number of rotatable bonds is 5. The molecule has 3 rings (SSSR count). The molecule has 1 aliphatic rings. The molecule has 24 heavy (non-hydrogen) atoms. The van der Waals surface area contributed by atoms with E-state index in [4.69, 9.17) is 0 Å². The molecule has 0 fully saturated rings. The first-order valence-corrected chi connectivity index (χ1v) is 8.73. The van der Waals surface area contributed by atoms with Gasteiger partial charge in [-0.1, -0.05) is 56.3 Å². The van der Waals surface area contributed by atoms with Crippen molar-refractivity contribution in [1.82, 2.24) is 4.90 Å². The maximum atomic E-state index is 12.5. The van der Waals surface area contributed by atoms with Crippen LogP contribution in [-0.2, 0) is 11.2 Å². The summed E-state index contributed by atoms with van der Waals surface area (Å²) in [4.78, 5) is 14.7. The van der Waals surface area contributed by atoms with Crippen LogP contribution in [0.2, 0.25) is 0 Å². The monoisotopic (exact) mass is 322 g/mol. The second-order valence-electron chi connectivity index (χ2n) is 6.96. The summed E-state index contributed by atoms with van der Waals surface area (Å²) in [6, 6.07) is 17.0. The van der Waals surface area contributed by atoms with Crippen LogP contribution in [0.5, 0.6) is 0 Å². The Morgan fingerprint density at radius 2 is 1.88 bits per heavy atom. The van der Waals surface area contributed by atoms with Gasteiger partial charge in [0, 0.05) is 11.7 Å². The highest BCUT2D eigenvalue weighted by molar-refractivity contribution is 5.93. The molecule has 1 N–H and O–H groups in total. The van der Waals surface area contributed by atoms with Crippen molar-refractivity contribution >= 4 is 11.6 Å². The number of aryl methyl sites for hydroxylation is 1. The molecule has 126 valence electrons. The molecule has 0 bridgehead atoms. The third-order valence-corrected chi connectivity index (χ3v) is 4.88. The van der Waals surface area contributed by atoms with Crippen LogP contribution < -0.4 is 5.32 Å². The number of benzene rings is 2. The lowest BCUT2D eigenvalue weighted by atomic mass is 10.0. The van der Waals surface area contributed by atoms with Crippen LogP contribution in [-0.4, -0.2) is 24.4 Å². The summed E-state index contributed by atoms with van der Waals surface area (Å²) in [5.74, 6) is 0.441. The molecule has 0 saturated heterocycles. The molecule has 3 heteroatoms. The topological polar surface area (TPSA) is 32.3 Å². The number of carbonyl (C=O) groups is 1. The van der Waals surface area contributed by atoms with Crippen molar-refractivity contribution in [2.75, 3.05) is 18.9 Å². The number of nitrogens with zero attached hydrogens (tertiary/aromatic N) is 1. The second kappa shape index (κ2) is 7.18. The lowest BCUT2D eigenvalue weighted by molar-refractivity contribution is -0.117. The molecular formula is C21H26N2O. The van der Waals surface area contributed by atoms with E-state index in [-0.39, 0.29) is 5.91 Å². The number of carbonyl (C=O) groups excluding carboxylic acids is 1. The number of amides is 1. The predicted octanol–water partition coefficient (Wildman–Crippen LogP) is 4.37. The summed E-state index contributed by atoms with van der Waals surface area (Å²) >= 11 is 0. The van der Waals surface area contributed by atoms with Crippen molar-refractivity contribution in [1.29, 1.82) is 0 Å². The Bertz CT molecular complexity index is 723. The van der Waals surface area contributed by atoms with Crippen LogP contribution in [0.15, 0.2) is 48.5 Å². The molecule has 2 aromatic carbocycles. The molecule has 1 atom stereocenters. The predicted molar refractivity (Wildman–Crippen MR) is 99.3 cm³/mol. The highest BCUT2D eigenvalue weighted by Crippen LogP contribution is 2.34. The largest absolute Gasteiger partial charge is 0.325 e. The molecule has 1 aliphatic carbocycles. The van der Waals surface area contributed by atoms with Gasteiger partial charge in [-0.05, 0) is 48.6 Å². The smallest absolute Gasteiger partial charge is 0.238 e. The fourth-order valence-corrected chi connectivity index (χ4v) is 3.63. The Balaban J connectivity index is 1.66. The minimum Gasteiger partial charge on any atom is -0.325 e. The summed E-state index contributed by atoms with van der Waals surface area (Å²) in [5, 5.41) is 3.09. The van der Waals surface area contributed by atoms with E-state index >= 15 is 0 Å². The maximum absolute atomic E-state index is 12.5. The number of anilines is 1. The first-order valence-electron chi connectivity index (χ1n) is 8.73. The second-order valence-corrected chi connectivity index (χ2v) is 6.96. The molecule has 0 aromatic heterocycles. The van der Waals surface area contributed by atoms with Crippen molar-refractivity contribution < 1.29 is 4.79 Å². The maximum Gasteiger partial charge on any atom is 0.238 e. The van der Waals surface area contributed by atoms with E-state index in [0.717, 1.165) is 18.5 Å². The summed E-state index contributed by atoms with van der Waals surface area (Å²) in [5.41, 5.74) is 4.90. The summed E-state index contributed by atoms with van der Waals surface area (Å²) in [6.07, 6.45) is 2.19. The van der Waals surface area contributed by atoms with E-state index in [1.54, 1.807) is 0 Å². The van der Waals surface area contributed by atoms with E-state index in [0.29, 0.717) is 18.5 Å². The zero-order valence-corrected chi connectivity index (χ0v) is 14.8. The zero-order chi connectivity index (χ0) is 17.1. The number of nitrogens with one attached hydrogen (secondary N) is 1. The quantitative estimate of drug-likeness (QED) is 0.886. The minimum absolute atomic E-state index is 0.0509. The van der Waals surface area contributed by atoms with Crippen molar-refractivity contribution in [2.45, 2.75) is 38.6 Å². The SMILES string of the molecule is CC(C)c1ccccc1NC(=O)CN(C)[C@H]1CCc2ccccc21. The van der Waals surface area contributed by atoms with Gasteiger partial charge in [0.05, 0.1) is 6.54 Å². The van der Waals surface area contributed by atoms with Crippen molar-refractivity contribution in [3.63, 3.8) is 0 Å². The number of likely N-dealkylation sites (N-methyl/N-ethyl adjacent to an activating group) is 1. The molecule has 0 unspecified atom stereocenters. The summed E-state index contributed by atoms with van der Waals surface area (Å²) in [7, 11) is 2.04. The number of fused-ring (bicyclic) bond motifs is 1. The average Bonchev–Trinajstić information content (AvgIpc) is 2.99. The molecule has 0 heterocycles. The fourth-order valence-electron chi connectivity index (χ4n) is 3.63. The highest BCUT2D eigenvalue weighted by atomic mass is 16.2. The summed E-state index contributed by atoms with van der Waals surface area (Å²) in [6.45, 7) is 4.70. The van der Waals surface area contributed by atoms with Crippen LogP contribution >= 0.6 is 0 Å². The van der Waals surface area contributed by atoms with Crippen molar-refractivity contribution in [3.8, 4) is 0 Å². The molecule has 0 saturated carbocycles. The van der Waals surface area contributed by atoms with Crippen molar-refractivity contribution in [2.24, 2.45) is 0 Å². The van der Waals surface area contributed by atoms with E-state index in [9.17, 15) is 4.79 Å². The van der Waals surface area contributed by atoms with Gasteiger partial charge in [-0.3, -0.25) is 9.69 Å². The number of hydrogen-bond donors (Lipinski definition) is 1. The molecule has 1 amide bonds. The van der Waals surface area contributed by atoms with Gasteiger partial charge in [-0.15, -0.1) is 0 Å².